The molecule has 1 heterocycles. The lowest BCUT2D eigenvalue weighted by molar-refractivity contribution is 0.482. The van der Waals surface area contributed by atoms with E-state index in [0.717, 1.165) is 0 Å². The van der Waals surface area contributed by atoms with Gasteiger partial charge in [0.1, 0.15) is 16.1 Å². The Bertz CT molecular complexity index is 1020. The van der Waals surface area contributed by atoms with E-state index in [1.165, 1.54) is 24.3 Å². The van der Waals surface area contributed by atoms with Gasteiger partial charge >= 0.3 is 0 Å². The van der Waals surface area contributed by atoms with E-state index in [1.54, 1.807) is 17.7 Å². The van der Waals surface area contributed by atoms with Gasteiger partial charge in [0.25, 0.3) is 0 Å². The molecular weight excluding hydrogens is 417 g/mol. The van der Waals surface area contributed by atoms with Gasteiger partial charge < -0.3 is 0 Å². The minimum absolute atomic E-state index is 0.0196. The van der Waals surface area contributed by atoms with E-state index in [9.17, 15) is 13.7 Å². The topological polar surface area (TPSA) is 75.8 Å². The minimum Gasteiger partial charge on any atom is -0.253 e. The number of nitriles is 1. The molecule has 0 aliphatic rings. The van der Waals surface area contributed by atoms with Gasteiger partial charge in [0.2, 0.25) is 9.84 Å². The molecule has 0 aliphatic carbocycles. The summed E-state index contributed by atoms with van der Waals surface area (Å²) in [6, 6.07) is 5.76. The lowest BCUT2D eigenvalue weighted by atomic mass is 10.2. The van der Waals surface area contributed by atoms with Crippen molar-refractivity contribution < 1.29 is 8.42 Å². The third-order valence-electron chi connectivity index (χ3n) is 3.51. The number of halogens is 3. The Kier molecular flexibility index (Phi) is 6.41. The second-order valence-corrected chi connectivity index (χ2v) is 9.15. The Morgan fingerprint density at radius 1 is 1.35 bits per heavy atom. The van der Waals surface area contributed by atoms with E-state index in [-0.39, 0.29) is 20.1 Å². The number of benzene rings is 1. The normalized spacial score (nSPS) is 12.5. The number of allylic oxidation sites excluding steroid dienone is 1. The Morgan fingerprint density at radius 3 is 2.58 bits per heavy atom. The van der Waals surface area contributed by atoms with Crippen molar-refractivity contribution in [3.63, 3.8) is 0 Å². The van der Waals surface area contributed by atoms with Crippen LogP contribution < -0.4 is 0 Å². The van der Waals surface area contributed by atoms with Crippen LogP contribution in [0.2, 0.25) is 15.2 Å². The summed E-state index contributed by atoms with van der Waals surface area (Å²) in [5.41, 5.74) is 0.904. The molecule has 0 N–H and O–H groups in total. The van der Waals surface area contributed by atoms with Crippen molar-refractivity contribution in [3.05, 3.63) is 49.6 Å². The molecule has 0 aliphatic heterocycles. The predicted octanol–water partition coefficient (Wildman–Crippen LogP) is 5.15. The van der Waals surface area contributed by atoms with Gasteiger partial charge in [0.15, 0.2) is 0 Å². The monoisotopic (exact) mass is 431 g/mol. The molecule has 1 aromatic carbocycles. The quantitative estimate of drug-likeness (QED) is 0.612. The van der Waals surface area contributed by atoms with Gasteiger partial charge in [-0.25, -0.2) is 8.42 Å². The number of sulfone groups is 1. The first-order valence-corrected chi connectivity index (χ1v) is 10.2. The van der Waals surface area contributed by atoms with E-state index in [0.29, 0.717) is 23.7 Å². The van der Waals surface area contributed by atoms with Crippen LogP contribution in [0.25, 0.3) is 6.08 Å². The molecule has 0 unspecified atom stereocenters. The lowest BCUT2D eigenvalue weighted by Gasteiger charge is -2.07. The maximum absolute atomic E-state index is 12.8. The fourth-order valence-electron chi connectivity index (χ4n) is 2.30. The summed E-state index contributed by atoms with van der Waals surface area (Å²) < 4.78 is 27.3. The van der Waals surface area contributed by atoms with Gasteiger partial charge in [0, 0.05) is 17.1 Å². The molecule has 9 heteroatoms. The fraction of sp³-hybridized carbons (Fsp3) is 0.294. The highest BCUT2D eigenvalue weighted by Crippen LogP contribution is 2.32. The maximum Gasteiger partial charge on any atom is 0.218 e. The molecule has 1 aromatic heterocycles. The summed E-state index contributed by atoms with van der Waals surface area (Å²) in [6.07, 6.45) is 1.22. The van der Waals surface area contributed by atoms with Gasteiger partial charge in [-0.05, 0) is 37.1 Å². The molecule has 0 saturated carbocycles. The van der Waals surface area contributed by atoms with Crippen LogP contribution in [0.4, 0.5) is 0 Å². The van der Waals surface area contributed by atoms with Crippen LogP contribution in [0, 0.1) is 24.2 Å². The highest BCUT2D eigenvalue weighted by Gasteiger charge is 2.25. The van der Waals surface area contributed by atoms with Gasteiger partial charge in [-0.15, -0.1) is 0 Å². The summed E-state index contributed by atoms with van der Waals surface area (Å²) in [6.45, 7) is 6.29. The van der Waals surface area contributed by atoms with Crippen LogP contribution in [0.1, 0.15) is 25.1 Å². The van der Waals surface area contributed by atoms with Crippen molar-refractivity contribution in [1.82, 2.24) is 9.78 Å². The van der Waals surface area contributed by atoms with Crippen molar-refractivity contribution in [3.8, 4) is 6.07 Å². The molecule has 0 radical (unpaired) electrons. The average molecular weight is 433 g/mol. The molecule has 0 fully saturated rings. The number of hydrogen-bond acceptors (Lipinski definition) is 4. The lowest BCUT2D eigenvalue weighted by Crippen LogP contribution is -2.06. The number of hydrogen-bond donors (Lipinski definition) is 0. The molecule has 2 aromatic rings. The molecule has 0 saturated heterocycles. The SMILES string of the molecule is Cc1nn(CC(C)C)c(Cl)c1/C=C(/C#N)S(=O)(=O)c1cc(Cl)ccc1Cl. The van der Waals surface area contributed by atoms with Gasteiger partial charge in [0.05, 0.1) is 15.6 Å². The maximum atomic E-state index is 12.8. The summed E-state index contributed by atoms with van der Waals surface area (Å²) >= 11 is 18.2. The van der Waals surface area contributed by atoms with E-state index < -0.39 is 14.7 Å². The zero-order valence-corrected chi connectivity index (χ0v) is 17.4. The van der Waals surface area contributed by atoms with E-state index in [4.69, 9.17) is 34.8 Å². The van der Waals surface area contributed by atoms with Gasteiger partial charge in [-0.2, -0.15) is 10.4 Å². The molecule has 0 atom stereocenters. The Labute approximate surface area is 167 Å². The smallest absolute Gasteiger partial charge is 0.218 e. The highest BCUT2D eigenvalue weighted by molar-refractivity contribution is 7.95. The summed E-state index contributed by atoms with van der Waals surface area (Å²) in [5.74, 6) is 0.299. The first-order valence-electron chi connectivity index (χ1n) is 7.62. The number of aromatic nitrogens is 2. The molecule has 0 amide bonds. The third-order valence-corrected chi connectivity index (χ3v) is 6.29. The first-order chi connectivity index (χ1) is 12.1. The first kappa shape index (κ1) is 20.8. The molecule has 26 heavy (non-hydrogen) atoms. The van der Waals surface area contributed by atoms with Crippen LogP contribution >= 0.6 is 34.8 Å². The second kappa shape index (κ2) is 8.01. The standard InChI is InChI=1S/C17H16Cl3N3O2S/c1-10(2)9-23-17(20)14(11(3)22-23)7-13(8-21)26(24,25)16-6-12(18)4-5-15(16)19/h4-7,10H,9H2,1-3H3/b13-7-. The van der Waals surface area contributed by atoms with Crippen molar-refractivity contribution >= 4 is 50.7 Å². The van der Waals surface area contributed by atoms with Crippen LogP contribution in [-0.2, 0) is 16.4 Å². The van der Waals surface area contributed by atoms with E-state index in [2.05, 4.69) is 5.10 Å². The number of aryl methyl sites for hydroxylation is 1. The molecule has 2 rings (SSSR count). The molecule has 0 spiro atoms. The summed E-state index contributed by atoms with van der Waals surface area (Å²) in [5, 5.41) is 14.2. The second-order valence-electron chi connectivity index (χ2n) is 6.06. The van der Waals surface area contributed by atoms with Crippen LogP contribution in [0.3, 0.4) is 0 Å². The van der Waals surface area contributed by atoms with Crippen LogP contribution in [0.15, 0.2) is 28.0 Å². The van der Waals surface area contributed by atoms with Crippen LogP contribution in [-0.4, -0.2) is 18.2 Å². The largest absolute Gasteiger partial charge is 0.253 e. The zero-order valence-electron chi connectivity index (χ0n) is 14.3. The minimum atomic E-state index is -4.16. The van der Waals surface area contributed by atoms with Crippen molar-refractivity contribution in [2.24, 2.45) is 5.92 Å². The average Bonchev–Trinajstić information content (AvgIpc) is 2.80. The molecule has 5 nitrogen and oxygen atoms in total. The predicted molar refractivity (Wildman–Crippen MR) is 104 cm³/mol. The van der Waals surface area contributed by atoms with Crippen molar-refractivity contribution in [2.75, 3.05) is 0 Å². The van der Waals surface area contributed by atoms with Crippen LogP contribution in [0.5, 0.6) is 0 Å². The molecule has 0 bridgehead atoms. The molecular formula is C17H16Cl3N3O2S. The Hall–Kier alpha value is -1.52. The highest BCUT2D eigenvalue weighted by atomic mass is 35.5. The third kappa shape index (κ3) is 4.24. The summed E-state index contributed by atoms with van der Waals surface area (Å²) in [7, 11) is -4.16. The van der Waals surface area contributed by atoms with E-state index >= 15 is 0 Å². The molecule has 138 valence electrons. The Balaban J connectivity index is 2.60. The van der Waals surface area contributed by atoms with Crippen molar-refractivity contribution in [1.29, 1.82) is 5.26 Å². The number of rotatable bonds is 5. The van der Waals surface area contributed by atoms with Gasteiger partial charge in [-0.1, -0.05) is 48.7 Å². The zero-order chi connectivity index (χ0) is 19.6. The Morgan fingerprint density at radius 2 is 2.00 bits per heavy atom. The van der Waals surface area contributed by atoms with Gasteiger partial charge in [-0.3, -0.25) is 4.68 Å². The van der Waals surface area contributed by atoms with E-state index in [1.807, 2.05) is 13.8 Å². The summed E-state index contributed by atoms with van der Waals surface area (Å²) in [4.78, 5) is -0.724. The fourth-order valence-corrected chi connectivity index (χ4v) is 4.49. The van der Waals surface area contributed by atoms with Crippen molar-refractivity contribution in [2.45, 2.75) is 32.2 Å². The number of nitrogens with zero attached hydrogens (tertiary/aromatic N) is 3.